The van der Waals surface area contributed by atoms with Gasteiger partial charge in [-0.3, -0.25) is 0 Å². The normalized spacial score (nSPS) is 13.2. The lowest BCUT2D eigenvalue weighted by Gasteiger charge is -2.21. The van der Waals surface area contributed by atoms with Crippen LogP contribution in [0.3, 0.4) is 0 Å². The summed E-state index contributed by atoms with van der Waals surface area (Å²) in [5.74, 6) is 2.01. The number of rotatable bonds is 2. The molecule has 0 bridgehead atoms. The average molecular weight is 589 g/mol. The number of hydrogen-bond acceptors (Lipinski definition) is 4. The number of fused-ring (bicyclic) bond motifs is 10. The zero-order chi connectivity index (χ0) is 28.3. The fourth-order valence-electron chi connectivity index (χ4n) is 6.61. The van der Waals surface area contributed by atoms with Crippen molar-refractivity contribution in [1.29, 1.82) is 0 Å². The van der Waals surface area contributed by atoms with Crippen LogP contribution in [0.1, 0.15) is 13.8 Å². The summed E-state index contributed by atoms with van der Waals surface area (Å²) in [5, 5.41) is 6.05. The lowest BCUT2D eigenvalue weighted by Crippen LogP contribution is -2.22. The topological polar surface area (TPSA) is 53.0 Å². The molecule has 0 saturated carbocycles. The Bertz CT molecular complexity index is 2470. The summed E-state index contributed by atoms with van der Waals surface area (Å²) < 4.78 is 17.5. The van der Waals surface area contributed by atoms with Gasteiger partial charge in [-0.15, -0.1) is 0 Å². The molecule has 2 aliphatic rings. The molecule has 7 aromatic rings. The van der Waals surface area contributed by atoms with Gasteiger partial charge >= 0.3 is 0 Å². The van der Waals surface area contributed by atoms with Gasteiger partial charge in [-0.25, -0.2) is 9.98 Å². The van der Waals surface area contributed by atoms with Crippen molar-refractivity contribution < 1.29 is 9.47 Å². The molecule has 4 heterocycles. The van der Waals surface area contributed by atoms with Crippen LogP contribution in [-0.4, -0.2) is 9.13 Å². The second kappa shape index (κ2) is 8.51. The lowest BCUT2D eigenvalue weighted by atomic mass is 10.1. The molecular weight excluding hydrogens is 567 g/mol. The highest BCUT2D eigenvalue weighted by Gasteiger charge is 2.28. The minimum atomic E-state index is 0.316. The third-order valence-electron chi connectivity index (χ3n) is 8.47. The molecule has 0 unspecified atom stereocenters. The molecule has 0 amide bonds. The quantitative estimate of drug-likeness (QED) is 0.202. The number of aromatic nitrogens is 2. The average Bonchev–Trinajstić information content (AvgIpc) is 3.50. The van der Waals surface area contributed by atoms with Crippen LogP contribution in [0.15, 0.2) is 82.8 Å². The van der Waals surface area contributed by atoms with Crippen molar-refractivity contribution in [1.82, 2.24) is 9.13 Å². The van der Waals surface area contributed by atoms with E-state index >= 15 is 0 Å². The van der Waals surface area contributed by atoms with E-state index in [1.165, 1.54) is 16.4 Å². The maximum Gasteiger partial charge on any atom is 0.175 e. The fraction of sp³-hybridized carbons (Fsp3) is 0.118. The van der Waals surface area contributed by atoms with E-state index in [0.717, 1.165) is 40.3 Å². The van der Waals surface area contributed by atoms with Gasteiger partial charge < -0.3 is 18.6 Å². The molecule has 2 aliphatic heterocycles. The second-order valence-electron chi connectivity index (χ2n) is 10.6. The first kappa shape index (κ1) is 24.1. The van der Waals surface area contributed by atoms with Crippen LogP contribution in [0.4, 0.5) is 11.4 Å². The minimum Gasteiger partial charge on any atom is -0.451 e. The van der Waals surface area contributed by atoms with Gasteiger partial charge in [-0.1, -0.05) is 59.6 Å². The van der Waals surface area contributed by atoms with Gasteiger partial charge in [0.1, 0.15) is 32.1 Å². The van der Waals surface area contributed by atoms with Crippen LogP contribution < -0.4 is 20.2 Å². The Morgan fingerprint density at radius 3 is 1.62 bits per heavy atom. The maximum atomic E-state index is 7.00. The van der Waals surface area contributed by atoms with Gasteiger partial charge in [0.15, 0.2) is 23.0 Å². The first-order chi connectivity index (χ1) is 20.6. The number of hydrogen-bond donors (Lipinski definition) is 0. The molecule has 0 spiro atoms. The molecule has 0 atom stereocenters. The molecular formula is C34H22Cl2N4O2. The van der Waals surface area contributed by atoms with E-state index in [2.05, 4.69) is 83.6 Å². The summed E-state index contributed by atoms with van der Waals surface area (Å²) in [5.41, 5.74) is 5.88. The molecule has 0 aliphatic carbocycles. The van der Waals surface area contributed by atoms with E-state index < -0.39 is 0 Å². The van der Waals surface area contributed by atoms with E-state index in [0.29, 0.717) is 55.1 Å². The SMILES string of the molecule is CCn1c2ccccc2c2cc3c(cc21)N=c1c(Cl)c2c(c(Cl)c1O3)=Nc1cc3c4ccccc4n(CC)c3cc1O2. The van der Waals surface area contributed by atoms with Crippen LogP contribution in [0.25, 0.3) is 43.6 Å². The van der Waals surface area contributed by atoms with Gasteiger partial charge in [0.2, 0.25) is 0 Å². The van der Waals surface area contributed by atoms with Gasteiger partial charge in [-0.2, -0.15) is 0 Å². The third kappa shape index (κ3) is 3.06. The Morgan fingerprint density at radius 2 is 1.05 bits per heavy atom. The van der Waals surface area contributed by atoms with E-state index in [4.69, 9.17) is 42.7 Å². The number of benzene rings is 5. The largest absolute Gasteiger partial charge is 0.451 e. The van der Waals surface area contributed by atoms with Crippen LogP contribution >= 0.6 is 23.2 Å². The predicted molar refractivity (Wildman–Crippen MR) is 168 cm³/mol. The van der Waals surface area contributed by atoms with Crippen LogP contribution in [0.5, 0.6) is 23.0 Å². The first-order valence-corrected chi connectivity index (χ1v) is 14.8. The van der Waals surface area contributed by atoms with Crippen LogP contribution in [0, 0.1) is 0 Å². The molecule has 8 heteroatoms. The van der Waals surface area contributed by atoms with Crippen molar-refractivity contribution in [2.24, 2.45) is 9.98 Å². The number of halogens is 2. The predicted octanol–water partition coefficient (Wildman–Crippen LogP) is 9.36. The Hall–Kier alpha value is -4.52. The molecule has 2 aromatic heterocycles. The molecule has 0 fully saturated rings. The number of para-hydroxylation sites is 2. The fourth-order valence-corrected chi connectivity index (χ4v) is 7.13. The highest BCUT2D eigenvalue weighted by atomic mass is 35.5. The van der Waals surface area contributed by atoms with Crippen molar-refractivity contribution in [3.63, 3.8) is 0 Å². The third-order valence-corrected chi connectivity index (χ3v) is 9.17. The van der Waals surface area contributed by atoms with E-state index in [9.17, 15) is 0 Å². The van der Waals surface area contributed by atoms with Crippen molar-refractivity contribution in [2.45, 2.75) is 26.9 Å². The zero-order valence-electron chi connectivity index (χ0n) is 22.7. The van der Waals surface area contributed by atoms with Crippen molar-refractivity contribution in [3.8, 4) is 23.0 Å². The smallest absolute Gasteiger partial charge is 0.175 e. The second-order valence-corrected chi connectivity index (χ2v) is 11.4. The number of nitrogens with zero attached hydrogens (tertiary/aromatic N) is 4. The molecule has 0 saturated heterocycles. The lowest BCUT2D eigenvalue weighted by molar-refractivity contribution is 0.452. The number of aryl methyl sites for hydroxylation is 2. The summed E-state index contributed by atoms with van der Waals surface area (Å²) in [6.45, 7) is 5.95. The van der Waals surface area contributed by atoms with Gasteiger partial charge in [0.25, 0.3) is 0 Å². The summed E-state index contributed by atoms with van der Waals surface area (Å²) in [6.07, 6.45) is 0. The van der Waals surface area contributed by atoms with Gasteiger partial charge in [0.05, 0.1) is 11.0 Å². The molecule has 9 rings (SSSR count). The van der Waals surface area contributed by atoms with Gasteiger partial charge in [0, 0.05) is 51.7 Å². The Labute approximate surface area is 249 Å². The summed E-state index contributed by atoms with van der Waals surface area (Å²) >= 11 is 14.0. The van der Waals surface area contributed by atoms with E-state index in [1.54, 1.807) is 0 Å². The Balaban J connectivity index is 1.28. The summed E-state index contributed by atoms with van der Waals surface area (Å²) in [4.78, 5) is 9.91. The van der Waals surface area contributed by atoms with Crippen LogP contribution in [-0.2, 0) is 13.1 Å². The molecule has 204 valence electrons. The number of ether oxygens (including phenoxy) is 2. The van der Waals surface area contributed by atoms with Crippen molar-refractivity contribution >= 4 is 78.2 Å². The van der Waals surface area contributed by atoms with Crippen molar-refractivity contribution in [3.05, 3.63) is 93.6 Å². The zero-order valence-corrected chi connectivity index (χ0v) is 24.2. The van der Waals surface area contributed by atoms with E-state index in [1.807, 2.05) is 12.1 Å². The van der Waals surface area contributed by atoms with Gasteiger partial charge in [-0.05, 0) is 44.2 Å². The maximum absolute atomic E-state index is 7.00. The standard InChI is InChI=1S/C34H22Cl2N4O2/c1-3-39-24-12-8-6-10-18(24)20-14-27-22(15-25(20)39)38-32-30(36)34-31(29(35)33(32)41-27)37-21-13-19-17-9-5-7-11-23(17)40(4-2)26(19)16-28(21)42-34/h5-16H,3-4H2,1-2H3. The van der Waals surface area contributed by atoms with E-state index in [-0.39, 0.29) is 0 Å². The Morgan fingerprint density at radius 1 is 0.571 bits per heavy atom. The Kier molecular flexibility index (Phi) is 4.88. The summed E-state index contributed by atoms with van der Waals surface area (Å²) in [6, 6.07) is 25.0. The molecule has 0 radical (unpaired) electrons. The monoisotopic (exact) mass is 588 g/mol. The molecule has 6 nitrogen and oxygen atoms in total. The molecule has 0 N–H and O–H groups in total. The highest BCUT2D eigenvalue weighted by molar-refractivity contribution is 6.35. The molecule has 42 heavy (non-hydrogen) atoms. The molecule has 5 aromatic carbocycles. The first-order valence-electron chi connectivity index (χ1n) is 14.0. The highest BCUT2D eigenvalue weighted by Crippen LogP contribution is 2.46. The minimum absolute atomic E-state index is 0.316. The van der Waals surface area contributed by atoms with Crippen LogP contribution in [0.2, 0.25) is 10.0 Å². The summed E-state index contributed by atoms with van der Waals surface area (Å²) in [7, 11) is 0. The van der Waals surface area contributed by atoms with Crippen molar-refractivity contribution in [2.75, 3.05) is 0 Å².